The summed E-state index contributed by atoms with van der Waals surface area (Å²) >= 11 is 0. The third-order valence-corrected chi connectivity index (χ3v) is 7.66. The van der Waals surface area contributed by atoms with E-state index in [2.05, 4.69) is 19.2 Å². The van der Waals surface area contributed by atoms with Gasteiger partial charge in [-0.05, 0) is 48.2 Å². The molecule has 2 aromatic carbocycles. The fourth-order valence-electron chi connectivity index (χ4n) is 4.85. The van der Waals surface area contributed by atoms with Gasteiger partial charge in [0.15, 0.2) is 17.5 Å². The van der Waals surface area contributed by atoms with E-state index in [1.54, 1.807) is 0 Å². The maximum Gasteiger partial charge on any atom is 0.307 e. The number of aliphatic hydroxyl groups excluding tert-OH is 1. The molecule has 0 aromatic heterocycles. The van der Waals surface area contributed by atoms with Gasteiger partial charge in [0.25, 0.3) is 0 Å². The van der Waals surface area contributed by atoms with E-state index >= 15 is 0 Å². The normalized spacial score (nSPS) is 11.0. The predicted molar refractivity (Wildman–Crippen MR) is 188 cm³/mol. The summed E-state index contributed by atoms with van der Waals surface area (Å²) in [4.78, 5) is 42.1. The molecule has 0 saturated carbocycles. The van der Waals surface area contributed by atoms with Crippen molar-refractivity contribution in [2.75, 3.05) is 5.32 Å². The smallest absolute Gasteiger partial charge is 0.307 e. The molecule has 0 fully saturated rings. The molecule has 1 amide bonds. The summed E-state index contributed by atoms with van der Waals surface area (Å²) in [5.74, 6) is -7.72. The molecule has 0 bridgehead atoms. The van der Waals surface area contributed by atoms with Gasteiger partial charge in [-0.1, -0.05) is 109 Å². The summed E-state index contributed by atoms with van der Waals surface area (Å²) < 4.78 is 37.3. The standard InChI is InChI=1S/C18H36O3.C12H15NO3.C8H5F3O2/c1-2-3-4-5-6-7-8-9-10-11-12-13-14-15-17(19)16-18(20)21;1-2-9-3-5-10(6-4-9)13-11(14)7-8-12(15)16;9-5-1-4(3-7(12)13)2-6(10)8(5)11/h17,19H,2-16H2,1H3,(H,20,21);3-6H,2,7-8H2,1H3,(H,13,14)(H,15,16);1-2H,3H2,(H,12,13). The average Bonchev–Trinajstić information content (AvgIpc) is 3.05. The maximum atomic E-state index is 12.5. The van der Waals surface area contributed by atoms with Crippen molar-refractivity contribution in [3.8, 4) is 0 Å². The Labute approximate surface area is 294 Å². The molecule has 0 aliphatic heterocycles. The number of hydrogen-bond donors (Lipinski definition) is 5. The number of benzene rings is 2. The molecule has 2 rings (SSSR count). The van der Waals surface area contributed by atoms with Crippen LogP contribution in [0, 0.1) is 17.5 Å². The van der Waals surface area contributed by atoms with E-state index in [0.717, 1.165) is 19.3 Å². The van der Waals surface area contributed by atoms with Gasteiger partial charge in [0.05, 0.1) is 25.4 Å². The fourth-order valence-corrected chi connectivity index (χ4v) is 4.85. The first-order valence-corrected chi connectivity index (χ1v) is 17.6. The molecule has 1 atom stereocenters. The van der Waals surface area contributed by atoms with Crippen molar-refractivity contribution in [3.05, 3.63) is 65.0 Å². The van der Waals surface area contributed by atoms with Crippen LogP contribution in [0.4, 0.5) is 18.9 Å². The number of unbranched alkanes of at least 4 members (excludes halogenated alkanes) is 12. The molecule has 0 aliphatic carbocycles. The van der Waals surface area contributed by atoms with Crippen LogP contribution in [-0.4, -0.2) is 50.3 Å². The van der Waals surface area contributed by atoms with Gasteiger partial charge >= 0.3 is 17.9 Å². The van der Waals surface area contributed by atoms with Crippen LogP contribution in [0.5, 0.6) is 0 Å². The SMILES string of the molecule is CCCCCCCCCCCCCCCC(O)CC(=O)O.CCc1ccc(NC(=O)CCC(=O)O)cc1.O=C(O)Cc1cc(F)c(F)c(F)c1. The highest BCUT2D eigenvalue weighted by Crippen LogP contribution is 2.15. The number of carbonyl (C=O) groups excluding carboxylic acids is 1. The largest absolute Gasteiger partial charge is 0.481 e. The number of aliphatic hydroxyl groups is 1. The zero-order chi connectivity index (χ0) is 37.7. The molecule has 0 radical (unpaired) electrons. The lowest BCUT2D eigenvalue weighted by atomic mass is 10.0. The molecular formula is C38H56F3NO8. The summed E-state index contributed by atoms with van der Waals surface area (Å²) in [6, 6.07) is 8.83. The van der Waals surface area contributed by atoms with Gasteiger partial charge in [-0.3, -0.25) is 19.2 Å². The number of carboxylic acids is 3. The van der Waals surface area contributed by atoms with Gasteiger partial charge in [0.2, 0.25) is 5.91 Å². The van der Waals surface area contributed by atoms with Crippen LogP contribution in [0.15, 0.2) is 36.4 Å². The number of anilines is 1. The number of carbonyl (C=O) groups is 4. The Balaban J connectivity index is 0.000000741. The van der Waals surface area contributed by atoms with E-state index in [0.29, 0.717) is 24.2 Å². The van der Waals surface area contributed by atoms with Crippen LogP contribution in [0.2, 0.25) is 0 Å². The third kappa shape index (κ3) is 26.0. The highest BCUT2D eigenvalue weighted by molar-refractivity contribution is 5.92. The Bertz CT molecular complexity index is 1230. The minimum absolute atomic E-state index is 0.00482. The highest BCUT2D eigenvalue weighted by atomic mass is 19.2. The van der Waals surface area contributed by atoms with Crippen molar-refractivity contribution in [2.24, 2.45) is 0 Å². The van der Waals surface area contributed by atoms with Crippen molar-refractivity contribution in [2.45, 2.75) is 142 Å². The first-order chi connectivity index (χ1) is 23.8. The lowest BCUT2D eigenvalue weighted by molar-refractivity contribution is -0.139. The van der Waals surface area contributed by atoms with Crippen molar-refractivity contribution in [3.63, 3.8) is 0 Å². The predicted octanol–water partition coefficient (Wildman–Crippen LogP) is 9.09. The zero-order valence-corrected chi connectivity index (χ0v) is 29.5. The van der Waals surface area contributed by atoms with Gasteiger partial charge < -0.3 is 25.7 Å². The van der Waals surface area contributed by atoms with Crippen LogP contribution in [0.1, 0.15) is 134 Å². The molecule has 12 heteroatoms. The number of hydrogen-bond acceptors (Lipinski definition) is 5. The molecule has 5 N–H and O–H groups in total. The molecule has 1 unspecified atom stereocenters. The second kappa shape index (κ2) is 28.9. The topological polar surface area (TPSA) is 161 Å². The summed E-state index contributed by atoms with van der Waals surface area (Å²) in [6.45, 7) is 4.31. The minimum Gasteiger partial charge on any atom is -0.481 e. The minimum atomic E-state index is -1.59. The first kappa shape index (κ1) is 46.1. The summed E-state index contributed by atoms with van der Waals surface area (Å²) in [5, 5.41) is 37.3. The van der Waals surface area contributed by atoms with Crippen LogP contribution in [0.3, 0.4) is 0 Å². The second-order valence-electron chi connectivity index (χ2n) is 12.2. The summed E-state index contributed by atoms with van der Waals surface area (Å²) in [5.41, 5.74) is 1.79. The van der Waals surface area contributed by atoms with Crippen molar-refractivity contribution >= 4 is 29.5 Å². The molecule has 2 aromatic rings. The molecule has 0 saturated heterocycles. The van der Waals surface area contributed by atoms with Crippen LogP contribution >= 0.6 is 0 Å². The number of carboxylic acid groups (broad SMARTS) is 3. The van der Waals surface area contributed by atoms with Gasteiger partial charge in [-0.25, -0.2) is 13.2 Å². The molecule has 0 aliphatic rings. The van der Waals surface area contributed by atoms with Crippen LogP contribution in [0.25, 0.3) is 0 Å². The van der Waals surface area contributed by atoms with Crippen LogP contribution in [-0.2, 0) is 32.0 Å². The maximum absolute atomic E-state index is 12.5. The summed E-state index contributed by atoms with van der Waals surface area (Å²) in [7, 11) is 0. The number of aliphatic carboxylic acids is 3. The Morgan fingerprint density at radius 1 is 0.640 bits per heavy atom. The number of rotatable bonds is 23. The molecule has 9 nitrogen and oxygen atoms in total. The van der Waals surface area contributed by atoms with Gasteiger partial charge in [-0.15, -0.1) is 0 Å². The highest BCUT2D eigenvalue weighted by Gasteiger charge is 2.12. The Kier molecular flexibility index (Phi) is 26.6. The van der Waals surface area contributed by atoms with Crippen molar-refractivity contribution < 1.29 is 52.8 Å². The number of halogens is 3. The zero-order valence-electron chi connectivity index (χ0n) is 29.5. The Morgan fingerprint density at radius 2 is 1.12 bits per heavy atom. The van der Waals surface area contributed by atoms with E-state index in [4.69, 9.17) is 15.3 Å². The number of nitrogens with one attached hydrogen (secondary N) is 1. The quantitative estimate of drug-likeness (QED) is 0.0563. The third-order valence-electron chi connectivity index (χ3n) is 7.66. The molecule has 282 valence electrons. The first-order valence-electron chi connectivity index (χ1n) is 17.6. The second-order valence-corrected chi connectivity index (χ2v) is 12.2. The average molecular weight is 712 g/mol. The van der Waals surface area contributed by atoms with E-state index < -0.39 is 47.9 Å². The van der Waals surface area contributed by atoms with E-state index in [9.17, 15) is 37.5 Å². The molecular weight excluding hydrogens is 655 g/mol. The van der Waals surface area contributed by atoms with E-state index in [1.807, 2.05) is 24.3 Å². The Morgan fingerprint density at radius 3 is 1.54 bits per heavy atom. The van der Waals surface area contributed by atoms with Gasteiger partial charge in [0, 0.05) is 12.1 Å². The fraction of sp³-hybridized carbons (Fsp3) is 0.579. The summed E-state index contributed by atoms with van der Waals surface area (Å²) in [6.07, 6.45) is 17.1. The van der Waals surface area contributed by atoms with Gasteiger partial charge in [-0.2, -0.15) is 0 Å². The number of aryl methyl sites for hydroxylation is 1. The van der Waals surface area contributed by atoms with Crippen molar-refractivity contribution in [1.82, 2.24) is 0 Å². The molecule has 0 heterocycles. The monoisotopic (exact) mass is 711 g/mol. The van der Waals surface area contributed by atoms with E-state index in [1.165, 1.54) is 76.2 Å². The molecule has 50 heavy (non-hydrogen) atoms. The Hall–Kier alpha value is -3.93. The van der Waals surface area contributed by atoms with Crippen molar-refractivity contribution in [1.29, 1.82) is 0 Å². The van der Waals surface area contributed by atoms with Gasteiger partial charge in [0.1, 0.15) is 0 Å². The lowest BCUT2D eigenvalue weighted by Gasteiger charge is -2.07. The van der Waals surface area contributed by atoms with Crippen LogP contribution < -0.4 is 5.32 Å². The number of amides is 1. The van der Waals surface area contributed by atoms with E-state index in [-0.39, 0.29) is 30.7 Å². The lowest BCUT2D eigenvalue weighted by Crippen LogP contribution is -2.13. The molecule has 0 spiro atoms.